The van der Waals surface area contributed by atoms with Crippen molar-refractivity contribution in [1.82, 2.24) is 4.98 Å². The number of anilines is 1. The molecule has 2 N–H and O–H groups in total. The number of rotatable bonds is 3. The lowest BCUT2D eigenvalue weighted by Crippen LogP contribution is -1.94. The van der Waals surface area contributed by atoms with Gasteiger partial charge < -0.3 is 10.5 Å². The average molecular weight is 234 g/mol. The summed E-state index contributed by atoms with van der Waals surface area (Å²) in [7, 11) is 1.69. The van der Waals surface area contributed by atoms with Gasteiger partial charge in [-0.3, -0.25) is 0 Å². The summed E-state index contributed by atoms with van der Waals surface area (Å²) in [6, 6.07) is 7.74. The number of nitrogens with two attached hydrogens (primary N) is 1. The van der Waals surface area contributed by atoms with Gasteiger partial charge in [-0.05, 0) is 19.1 Å². The molecule has 4 heteroatoms. The van der Waals surface area contributed by atoms with Crippen LogP contribution in [0.3, 0.4) is 0 Å². The fourth-order valence-electron chi connectivity index (χ4n) is 1.41. The van der Waals surface area contributed by atoms with Crippen molar-refractivity contribution < 1.29 is 4.74 Å². The van der Waals surface area contributed by atoms with Crippen molar-refractivity contribution in [3.8, 4) is 11.3 Å². The minimum absolute atomic E-state index is 0.0415. The van der Waals surface area contributed by atoms with E-state index in [2.05, 4.69) is 4.98 Å². The maximum Gasteiger partial charge on any atom is 0.122 e. The van der Waals surface area contributed by atoms with Gasteiger partial charge in [0, 0.05) is 23.7 Å². The zero-order valence-corrected chi connectivity index (χ0v) is 10.1. The standard InChI is InChI=1S/C12H14N2OS/c1-8(15-2)12-14-11(7-16-12)9-4-3-5-10(13)6-9/h3-8H,13H2,1-2H3. The molecule has 1 heterocycles. The molecule has 1 atom stereocenters. The first kappa shape index (κ1) is 11.1. The monoisotopic (exact) mass is 234 g/mol. The quantitative estimate of drug-likeness (QED) is 0.830. The number of methoxy groups -OCH3 is 1. The number of thiazole rings is 1. The summed E-state index contributed by atoms with van der Waals surface area (Å²) in [6.07, 6.45) is 0.0415. The number of hydrogen-bond acceptors (Lipinski definition) is 4. The fraction of sp³-hybridized carbons (Fsp3) is 0.250. The average Bonchev–Trinajstić information content (AvgIpc) is 2.77. The van der Waals surface area contributed by atoms with E-state index in [1.165, 1.54) is 0 Å². The molecule has 16 heavy (non-hydrogen) atoms. The Morgan fingerprint density at radius 1 is 1.44 bits per heavy atom. The predicted octanol–water partition coefficient (Wildman–Crippen LogP) is 3.10. The Morgan fingerprint density at radius 3 is 2.94 bits per heavy atom. The molecular formula is C12H14N2OS. The molecule has 0 saturated heterocycles. The molecule has 0 aliphatic heterocycles. The van der Waals surface area contributed by atoms with Crippen molar-refractivity contribution in [2.75, 3.05) is 12.8 Å². The second kappa shape index (κ2) is 4.63. The van der Waals surface area contributed by atoms with Gasteiger partial charge >= 0.3 is 0 Å². The first-order valence-corrected chi connectivity index (χ1v) is 5.93. The third-order valence-corrected chi connectivity index (χ3v) is 3.41. The zero-order chi connectivity index (χ0) is 11.5. The van der Waals surface area contributed by atoms with Crippen molar-refractivity contribution in [3.63, 3.8) is 0 Å². The van der Waals surface area contributed by atoms with Gasteiger partial charge in [-0.25, -0.2) is 4.98 Å². The Balaban J connectivity index is 2.31. The van der Waals surface area contributed by atoms with Crippen LogP contribution in [0.2, 0.25) is 0 Å². The third-order valence-electron chi connectivity index (χ3n) is 2.41. The maximum atomic E-state index is 5.74. The van der Waals surface area contributed by atoms with E-state index in [0.29, 0.717) is 0 Å². The van der Waals surface area contributed by atoms with Crippen LogP contribution in [0.5, 0.6) is 0 Å². The van der Waals surface area contributed by atoms with Crippen molar-refractivity contribution >= 4 is 17.0 Å². The van der Waals surface area contributed by atoms with Gasteiger partial charge in [-0.15, -0.1) is 11.3 Å². The van der Waals surface area contributed by atoms with Gasteiger partial charge in [0.25, 0.3) is 0 Å². The summed E-state index contributed by atoms with van der Waals surface area (Å²) in [5, 5.41) is 3.01. The highest BCUT2D eigenvalue weighted by atomic mass is 32.1. The van der Waals surface area contributed by atoms with E-state index in [9.17, 15) is 0 Å². The Labute approximate surface area is 98.9 Å². The van der Waals surface area contributed by atoms with Crippen LogP contribution in [0.1, 0.15) is 18.0 Å². The number of nitrogen functional groups attached to an aromatic ring is 1. The molecule has 0 amide bonds. The molecule has 0 bridgehead atoms. The van der Waals surface area contributed by atoms with Gasteiger partial charge in [-0.1, -0.05) is 12.1 Å². The van der Waals surface area contributed by atoms with E-state index in [4.69, 9.17) is 10.5 Å². The van der Waals surface area contributed by atoms with Crippen LogP contribution < -0.4 is 5.73 Å². The second-order valence-corrected chi connectivity index (χ2v) is 4.46. The predicted molar refractivity (Wildman–Crippen MR) is 67.4 cm³/mol. The minimum atomic E-state index is 0.0415. The molecule has 0 aliphatic carbocycles. The smallest absolute Gasteiger partial charge is 0.122 e. The molecular weight excluding hydrogens is 220 g/mol. The molecule has 0 radical (unpaired) electrons. The maximum absolute atomic E-state index is 5.74. The van der Waals surface area contributed by atoms with Gasteiger partial charge in [-0.2, -0.15) is 0 Å². The van der Waals surface area contributed by atoms with Crippen molar-refractivity contribution in [3.05, 3.63) is 34.7 Å². The molecule has 1 unspecified atom stereocenters. The molecule has 2 aromatic rings. The second-order valence-electron chi connectivity index (χ2n) is 3.57. The lowest BCUT2D eigenvalue weighted by Gasteiger charge is -2.03. The number of ether oxygens (including phenoxy) is 1. The fourth-order valence-corrected chi connectivity index (χ4v) is 2.27. The minimum Gasteiger partial charge on any atom is -0.399 e. The number of hydrogen-bond donors (Lipinski definition) is 1. The Bertz CT molecular complexity index is 481. The number of benzene rings is 1. The van der Waals surface area contributed by atoms with Crippen molar-refractivity contribution in [1.29, 1.82) is 0 Å². The summed E-state index contributed by atoms with van der Waals surface area (Å²) in [6.45, 7) is 1.99. The highest BCUT2D eigenvalue weighted by molar-refractivity contribution is 7.10. The van der Waals surface area contributed by atoms with Crippen LogP contribution >= 0.6 is 11.3 Å². The molecule has 1 aromatic carbocycles. The van der Waals surface area contributed by atoms with E-state index in [1.54, 1.807) is 18.4 Å². The van der Waals surface area contributed by atoms with E-state index in [-0.39, 0.29) is 6.10 Å². The highest BCUT2D eigenvalue weighted by Crippen LogP contribution is 2.27. The van der Waals surface area contributed by atoms with E-state index in [1.807, 2.05) is 36.6 Å². The highest BCUT2D eigenvalue weighted by Gasteiger charge is 2.10. The Hall–Kier alpha value is -1.39. The van der Waals surface area contributed by atoms with Crippen LogP contribution in [0.25, 0.3) is 11.3 Å². The molecule has 0 saturated carbocycles. The van der Waals surface area contributed by atoms with Crippen molar-refractivity contribution in [2.45, 2.75) is 13.0 Å². The van der Waals surface area contributed by atoms with Crippen LogP contribution in [0.4, 0.5) is 5.69 Å². The molecule has 3 nitrogen and oxygen atoms in total. The van der Waals surface area contributed by atoms with E-state index >= 15 is 0 Å². The summed E-state index contributed by atoms with van der Waals surface area (Å²) >= 11 is 1.61. The molecule has 0 aliphatic rings. The lowest BCUT2D eigenvalue weighted by atomic mass is 10.1. The van der Waals surface area contributed by atoms with Crippen LogP contribution in [-0.4, -0.2) is 12.1 Å². The number of nitrogens with zero attached hydrogens (tertiary/aromatic N) is 1. The Morgan fingerprint density at radius 2 is 2.25 bits per heavy atom. The first-order chi connectivity index (χ1) is 7.70. The SMILES string of the molecule is COC(C)c1nc(-c2cccc(N)c2)cs1. The Kier molecular flexibility index (Phi) is 3.22. The molecule has 0 fully saturated rings. The normalized spacial score (nSPS) is 12.6. The van der Waals surface area contributed by atoms with Crippen molar-refractivity contribution in [2.24, 2.45) is 0 Å². The lowest BCUT2D eigenvalue weighted by molar-refractivity contribution is 0.119. The molecule has 0 spiro atoms. The van der Waals surface area contributed by atoms with Gasteiger partial charge in [0.2, 0.25) is 0 Å². The summed E-state index contributed by atoms with van der Waals surface area (Å²) < 4.78 is 5.23. The molecule has 1 aromatic heterocycles. The first-order valence-electron chi connectivity index (χ1n) is 5.05. The van der Waals surface area contributed by atoms with Gasteiger partial charge in [0.15, 0.2) is 0 Å². The largest absolute Gasteiger partial charge is 0.399 e. The third kappa shape index (κ3) is 2.23. The number of aromatic nitrogens is 1. The van der Waals surface area contributed by atoms with E-state index in [0.717, 1.165) is 22.0 Å². The van der Waals surface area contributed by atoms with Crippen LogP contribution in [0.15, 0.2) is 29.6 Å². The van der Waals surface area contributed by atoms with Gasteiger partial charge in [0.1, 0.15) is 11.1 Å². The van der Waals surface area contributed by atoms with Crippen LogP contribution in [0, 0.1) is 0 Å². The topological polar surface area (TPSA) is 48.1 Å². The van der Waals surface area contributed by atoms with Crippen LogP contribution in [-0.2, 0) is 4.74 Å². The summed E-state index contributed by atoms with van der Waals surface area (Å²) in [5.41, 5.74) is 8.50. The summed E-state index contributed by atoms with van der Waals surface area (Å²) in [5.74, 6) is 0. The molecule has 2 rings (SSSR count). The summed E-state index contributed by atoms with van der Waals surface area (Å²) in [4.78, 5) is 4.53. The molecule has 84 valence electrons. The van der Waals surface area contributed by atoms with Gasteiger partial charge in [0.05, 0.1) is 5.69 Å². The van der Waals surface area contributed by atoms with E-state index < -0.39 is 0 Å². The zero-order valence-electron chi connectivity index (χ0n) is 9.31.